The number of halogens is 2. The number of nitrogens with one attached hydrogen (secondary N) is 1. The van der Waals surface area contributed by atoms with Crippen LogP contribution in [-0.2, 0) is 24.3 Å². The molecule has 1 N–H and O–H groups in total. The van der Waals surface area contributed by atoms with Crippen molar-refractivity contribution in [1.82, 2.24) is 9.78 Å². The molecule has 2 heterocycles. The highest BCUT2D eigenvalue weighted by molar-refractivity contribution is 7.17. The Morgan fingerprint density at radius 3 is 2.69 bits per heavy atom. The van der Waals surface area contributed by atoms with E-state index in [0.29, 0.717) is 26.4 Å². The Bertz CT molecular complexity index is 1140. The van der Waals surface area contributed by atoms with E-state index in [2.05, 4.69) is 10.4 Å². The van der Waals surface area contributed by atoms with E-state index >= 15 is 0 Å². The Kier molecular flexibility index (Phi) is 7.03. The molecule has 1 amide bonds. The summed E-state index contributed by atoms with van der Waals surface area (Å²) in [5, 5.41) is 8.38. The van der Waals surface area contributed by atoms with Crippen molar-refractivity contribution in [1.29, 1.82) is 0 Å². The molecule has 0 unspecified atom stereocenters. The molecule has 168 valence electrons. The number of carbonyl (C=O) groups excluding carboxylic acids is 2. The van der Waals surface area contributed by atoms with E-state index in [4.69, 9.17) is 32.7 Å². The average Bonchev–Trinajstić information content (AvgIpc) is 3.38. The molecular weight excluding hydrogens is 473 g/mol. The van der Waals surface area contributed by atoms with Crippen molar-refractivity contribution >= 4 is 51.4 Å². The van der Waals surface area contributed by atoms with Crippen LogP contribution in [0.1, 0.15) is 51.1 Å². The van der Waals surface area contributed by atoms with Crippen LogP contribution >= 0.6 is 34.5 Å². The molecule has 32 heavy (non-hydrogen) atoms. The summed E-state index contributed by atoms with van der Waals surface area (Å²) < 4.78 is 12.3. The standard InChI is InChI=1S/C22H21Cl2N3O4S/c1-2-30-22(29)18-13-6-3-4-9-17(13)32-21(18)25-20(28)16-10-11-27(26-16)12-31-19-14(23)7-5-8-15(19)24/h5,7-8,10-11H,2-4,6,9,12H2,1H3,(H,25,28). The Labute approximate surface area is 199 Å². The van der Waals surface area contributed by atoms with Gasteiger partial charge in [0.15, 0.2) is 18.2 Å². The summed E-state index contributed by atoms with van der Waals surface area (Å²) in [5.41, 5.74) is 1.65. The Balaban J connectivity index is 1.49. The lowest BCUT2D eigenvalue weighted by molar-refractivity contribution is 0.0526. The first-order valence-corrected chi connectivity index (χ1v) is 11.8. The molecule has 1 aliphatic carbocycles. The van der Waals surface area contributed by atoms with Crippen LogP contribution in [0.25, 0.3) is 0 Å². The number of fused-ring (bicyclic) bond motifs is 1. The summed E-state index contributed by atoms with van der Waals surface area (Å²) in [6, 6.07) is 6.64. The Morgan fingerprint density at radius 2 is 1.94 bits per heavy atom. The monoisotopic (exact) mass is 493 g/mol. The van der Waals surface area contributed by atoms with Crippen molar-refractivity contribution in [2.24, 2.45) is 0 Å². The van der Waals surface area contributed by atoms with E-state index in [1.54, 1.807) is 37.4 Å². The van der Waals surface area contributed by atoms with Gasteiger partial charge in [-0.1, -0.05) is 29.3 Å². The lowest BCUT2D eigenvalue weighted by atomic mass is 9.95. The Hall–Kier alpha value is -2.55. The number of esters is 1. The minimum Gasteiger partial charge on any atom is -0.468 e. The zero-order valence-electron chi connectivity index (χ0n) is 17.3. The number of thiophene rings is 1. The van der Waals surface area contributed by atoms with Gasteiger partial charge in [-0.3, -0.25) is 4.79 Å². The van der Waals surface area contributed by atoms with Crippen LogP contribution in [0.3, 0.4) is 0 Å². The minimum absolute atomic E-state index is 0.0259. The number of aryl methyl sites for hydroxylation is 1. The number of hydrogen-bond donors (Lipinski definition) is 1. The SMILES string of the molecule is CCOC(=O)c1c(NC(=O)c2ccn(COc3c(Cl)cccc3Cl)n2)sc2c1CCCC2. The van der Waals surface area contributed by atoms with Crippen LogP contribution in [0.5, 0.6) is 5.75 Å². The number of ether oxygens (including phenoxy) is 2. The van der Waals surface area contributed by atoms with Crippen LogP contribution in [0.4, 0.5) is 5.00 Å². The molecule has 0 saturated carbocycles. The number of para-hydroxylation sites is 1. The van der Waals surface area contributed by atoms with E-state index in [1.165, 1.54) is 16.0 Å². The molecule has 0 fully saturated rings. The molecular formula is C22H21Cl2N3O4S. The van der Waals surface area contributed by atoms with E-state index in [-0.39, 0.29) is 19.0 Å². The molecule has 0 atom stereocenters. The third-order valence-electron chi connectivity index (χ3n) is 5.01. The van der Waals surface area contributed by atoms with Gasteiger partial charge in [0.25, 0.3) is 5.91 Å². The highest BCUT2D eigenvalue weighted by Crippen LogP contribution is 2.39. The number of anilines is 1. The van der Waals surface area contributed by atoms with Crippen molar-refractivity contribution < 1.29 is 19.1 Å². The van der Waals surface area contributed by atoms with Crippen LogP contribution in [-0.4, -0.2) is 28.3 Å². The number of aromatic nitrogens is 2. The van der Waals surface area contributed by atoms with Crippen molar-refractivity contribution in [3.63, 3.8) is 0 Å². The highest BCUT2D eigenvalue weighted by Gasteiger charge is 2.27. The van der Waals surface area contributed by atoms with Crippen molar-refractivity contribution in [2.75, 3.05) is 11.9 Å². The molecule has 2 aromatic heterocycles. The molecule has 1 aromatic carbocycles. The molecule has 4 rings (SSSR count). The molecule has 10 heteroatoms. The number of rotatable bonds is 7. The quantitative estimate of drug-likeness (QED) is 0.433. The molecule has 0 spiro atoms. The zero-order valence-corrected chi connectivity index (χ0v) is 19.6. The van der Waals surface area contributed by atoms with Gasteiger partial charge in [0, 0.05) is 11.1 Å². The van der Waals surface area contributed by atoms with Crippen molar-refractivity contribution in [3.8, 4) is 5.75 Å². The summed E-state index contributed by atoms with van der Waals surface area (Å²) >= 11 is 13.7. The van der Waals surface area contributed by atoms with E-state index in [0.717, 1.165) is 36.1 Å². The third-order valence-corrected chi connectivity index (χ3v) is 6.81. The fourth-order valence-corrected chi connectivity index (χ4v) is 5.33. The van der Waals surface area contributed by atoms with E-state index in [1.807, 2.05) is 0 Å². The zero-order chi connectivity index (χ0) is 22.7. The molecule has 1 aliphatic rings. The predicted molar refractivity (Wildman–Crippen MR) is 124 cm³/mol. The summed E-state index contributed by atoms with van der Waals surface area (Å²) in [6.07, 6.45) is 5.42. The van der Waals surface area contributed by atoms with Gasteiger partial charge in [0.2, 0.25) is 0 Å². The molecule has 0 bridgehead atoms. The first-order chi connectivity index (χ1) is 15.5. The van der Waals surface area contributed by atoms with E-state index in [9.17, 15) is 9.59 Å². The number of nitrogens with zero attached hydrogens (tertiary/aromatic N) is 2. The maximum absolute atomic E-state index is 12.8. The van der Waals surface area contributed by atoms with Gasteiger partial charge < -0.3 is 14.8 Å². The first-order valence-electron chi connectivity index (χ1n) is 10.2. The molecule has 0 aliphatic heterocycles. The topological polar surface area (TPSA) is 82.5 Å². The van der Waals surface area contributed by atoms with Gasteiger partial charge >= 0.3 is 5.97 Å². The fourth-order valence-electron chi connectivity index (χ4n) is 3.55. The molecule has 7 nitrogen and oxygen atoms in total. The smallest absolute Gasteiger partial charge is 0.341 e. The maximum Gasteiger partial charge on any atom is 0.341 e. The van der Waals surface area contributed by atoms with Crippen molar-refractivity contribution in [2.45, 2.75) is 39.3 Å². The van der Waals surface area contributed by atoms with Crippen LogP contribution < -0.4 is 10.1 Å². The third kappa shape index (κ3) is 4.77. The van der Waals surface area contributed by atoms with Gasteiger partial charge in [-0.15, -0.1) is 11.3 Å². The van der Waals surface area contributed by atoms with Crippen LogP contribution in [0, 0.1) is 0 Å². The summed E-state index contributed by atoms with van der Waals surface area (Å²) in [5.74, 6) is -0.470. The predicted octanol–water partition coefficient (Wildman–Crippen LogP) is 5.60. The lowest BCUT2D eigenvalue weighted by Crippen LogP contribution is -2.17. The number of benzene rings is 1. The summed E-state index contributed by atoms with van der Waals surface area (Å²) in [4.78, 5) is 26.5. The van der Waals surface area contributed by atoms with E-state index < -0.39 is 11.9 Å². The van der Waals surface area contributed by atoms with Gasteiger partial charge in [-0.05, 0) is 56.4 Å². The highest BCUT2D eigenvalue weighted by atomic mass is 35.5. The second-order valence-corrected chi connectivity index (χ2v) is 9.07. The van der Waals surface area contributed by atoms with Gasteiger partial charge in [0.1, 0.15) is 5.00 Å². The number of carbonyl (C=O) groups is 2. The maximum atomic E-state index is 12.8. The fraction of sp³-hybridized carbons (Fsp3) is 0.318. The Morgan fingerprint density at radius 1 is 1.19 bits per heavy atom. The molecule has 0 saturated heterocycles. The average molecular weight is 494 g/mol. The minimum atomic E-state index is -0.413. The van der Waals surface area contributed by atoms with Crippen LogP contribution in [0.15, 0.2) is 30.5 Å². The van der Waals surface area contributed by atoms with Crippen LogP contribution in [0.2, 0.25) is 10.0 Å². The van der Waals surface area contributed by atoms with Crippen molar-refractivity contribution in [3.05, 3.63) is 62.2 Å². The number of hydrogen-bond acceptors (Lipinski definition) is 6. The largest absolute Gasteiger partial charge is 0.468 e. The lowest BCUT2D eigenvalue weighted by Gasteiger charge is -2.12. The molecule has 0 radical (unpaired) electrons. The molecule has 3 aromatic rings. The first kappa shape index (κ1) is 22.6. The normalized spacial score (nSPS) is 12.8. The second-order valence-electron chi connectivity index (χ2n) is 7.15. The summed E-state index contributed by atoms with van der Waals surface area (Å²) in [6.45, 7) is 2.06. The second kappa shape index (κ2) is 9.94. The summed E-state index contributed by atoms with van der Waals surface area (Å²) in [7, 11) is 0. The van der Waals surface area contributed by atoms with Gasteiger partial charge in [-0.25, -0.2) is 9.48 Å². The van der Waals surface area contributed by atoms with Gasteiger partial charge in [0.05, 0.1) is 22.2 Å². The number of amides is 1. The van der Waals surface area contributed by atoms with Gasteiger partial charge in [-0.2, -0.15) is 5.10 Å².